The number of hydrogen-bond donors (Lipinski definition) is 0. The number of likely N-dealkylation sites (tertiary alicyclic amines) is 1. The zero-order valence-electron chi connectivity index (χ0n) is 15.9. The third-order valence-corrected chi connectivity index (χ3v) is 4.73. The van der Waals surface area contributed by atoms with Crippen LogP contribution in [0, 0.1) is 0 Å². The fourth-order valence-corrected chi connectivity index (χ4v) is 3.36. The van der Waals surface area contributed by atoms with Crippen molar-refractivity contribution in [2.24, 2.45) is 0 Å². The maximum Gasteiger partial charge on any atom is 0.257 e. The number of benzene rings is 1. The first-order valence-corrected chi connectivity index (χ1v) is 9.27. The van der Waals surface area contributed by atoms with Crippen molar-refractivity contribution in [1.82, 2.24) is 24.8 Å². The molecule has 1 aliphatic heterocycles. The lowest BCUT2D eigenvalue weighted by atomic mass is 10.1. The molecule has 0 N–H and O–H groups in total. The van der Waals surface area contributed by atoms with Crippen molar-refractivity contribution in [2.45, 2.75) is 18.9 Å². The van der Waals surface area contributed by atoms with Gasteiger partial charge in [0.1, 0.15) is 6.10 Å². The Labute approximate surface area is 163 Å². The van der Waals surface area contributed by atoms with Gasteiger partial charge in [0.2, 0.25) is 0 Å². The number of carbonyl (C=O) groups is 1. The largest absolute Gasteiger partial charge is 0.470 e. The van der Waals surface area contributed by atoms with Crippen LogP contribution in [0.3, 0.4) is 0 Å². The summed E-state index contributed by atoms with van der Waals surface area (Å²) >= 11 is 0. The SMILES string of the molecule is CN(C)c1nccnc1OC1CCCN(C(=O)c2ccc3nccnc3c2)C1. The Balaban J connectivity index is 1.49. The van der Waals surface area contributed by atoms with Crippen LogP contribution in [0.15, 0.2) is 43.0 Å². The molecule has 2 aromatic heterocycles. The molecule has 28 heavy (non-hydrogen) atoms. The zero-order chi connectivity index (χ0) is 19.5. The average molecular weight is 378 g/mol. The third-order valence-electron chi connectivity index (χ3n) is 4.73. The molecule has 1 aromatic carbocycles. The van der Waals surface area contributed by atoms with E-state index in [2.05, 4.69) is 19.9 Å². The van der Waals surface area contributed by atoms with Crippen molar-refractivity contribution in [2.75, 3.05) is 32.1 Å². The first-order valence-electron chi connectivity index (χ1n) is 9.27. The van der Waals surface area contributed by atoms with Gasteiger partial charge in [0.25, 0.3) is 11.8 Å². The van der Waals surface area contributed by atoms with Crippen LogP contribution in [0.1, 0.15) is 23.2 Å². The van der Waals surface area contributed by atoms with Gasteiger partial charge in [0, 0.05) is 51.0 Å². The molecule has 1 unspecified atom stereocenters. The molecule has 0 radical (unpaired) electrons. The topological polar surface area (TPSA) is 84.3 Å². The second-order valence-electron chi connectivity index (χ2n) is 6.97. The van der Waals surface area contributed by atoms with Crippen LogP contribution in [-0.4, -0.2) is 64.0 Å². The number of piperidine rings is 1. The quantitative estimate of drug-likeness (QED) is 0.688. The number of aromatic nitrogens is 4. The number of rotatable bonds is 4. The summed E-state index contributed by atoms with van der Waals surface area (Å²) in [5, 5.41) is 0. The Morgan fingerprint density at radius 1 is 1.07 bits per heavy atom. The van der Waals surface area contributed by atoms with E-state index in [1.165, 1.54) is 0 Å². The molecule has 8 heteroatoms. The van der Waals surface area contributed by atoms with E-state index in [4.69, 9.17) is 4.74 Å². The van der Waals surface area contributed by atoms with E-state index in [0.29, 0.717) is 35.9 Å². The molecule has 0 spiro atoms. The molecule has 3 heterocycles. The third kappa shape index (κ3) is 3.71. The number of carbonyl (C=O) groups excluding carboxylic acids is 1. The molecule has 1 atom stereocenters. The van der Waals surface area contributed by atoms with Gasteiger partial charge in [-0.25, -0.2) is 9.97 Å². The molecule has 0 aliphatic carbocycles. The first-order chi connectivity index (χ1) is 13.6. The molecule has 1 amide bonds. The lowest BCUT2D eigenvalue weighted by Crippen LogP contribution is -2.44. The maximum absolute atomic E-state index is 13.0. The van der Waals surface area contributed by atoms with Crippen LogP contribution in [-0.2, 0) is 0 Å². The lowest BCUT2D eigenvalue weighted by molar-refractivity contribution is 0.0528. The molecule has 1 aliphatic rings. The minimum Gasteiger partial charge on any atom is -0.470 e. The number of hydrogen-bond acceptors (Lipinski definition) is 7. The van der Waals surface area contributed by atoms with E-state index in [9.17, 15) is 4.79 Å². The summed E-state index contributed by atoms with van der Waals surface area (Å²) in [6.45, 7) is 1.22. The fourth-order valence-electron chi connectivity index (χ4n) is 3.36. The maximum atomic E-state index is 13.0. The highest BCUT2D eigenvalue weighted by Crippen LogP contribution is 2.25. The van der Waals surface area contributed by atoms with E-state index in [0.717, 1.165) is 18.4 Å². The number of nitrogens with zero attached hydrogens (tertiary/aromatic N) is 6. The van der Waals surface area contributed by atoms with E-state index in [-0.39, 0.29) is 12.0 Å². The van der Waals surface area contributed by atoms with Crippen LogP contribution in [0.25, 0.3) is 11.0 Å². The van der Waals surface area contributed by atoms with Gasteiger partial charge in [-0.3, -0.25) is 14.8 Å². The molecule has 1 saturated heterocycles. The van der Waals surface area contributed by atoms with Gasteiger partial charge < -0.3 is 14.5 Å². The van der Waals surface area contributed by atoms with Crippen molar-refractivity contribution >= 4 is 22.8 Å². The Kier molecular flexibility index (Phi) is 5.01. The lowest BCUT2D eigenvalue weighted by Gasteiger charge is -2.33. The standard InChI is InChI=1S/C20H22N6O2/c1-25(2)18-19(24-10-9-23-18)28-15-4-3-11-26(13-15)20(27)14-5-6-16-17(12-14)22-8-7-21-16/h5-10,12,15H,3-4,11,13H2,1-2H3. The Morgan fingerprint density at radius 2 is 1.82 bits per heavy atom. The molecule has 144 valence electrons. The normalized spacial score (nSPS) is 16.8. The van der Waals surface area contributed by atoms with Crippen LogP contribution in [0.4, 0.5) is 5.82 Å². The van der Waals surface area contributed by atoms with Crippen molar-refractivity contribution in [3.8, 4) is 5.88 Å². The molecule has 4 rings (SSSR count). The molecule has 1 fully saturated rings. The highest BCUT2D eigenvalue weighted by atomic mass is 16.5. The number of ether oxygens (including phenoxy) is 1. The van der Waals surface area contributed by atoms with Gasteiger partial charge in [-0.05, 0) is 31.0 Å². The van der Waals surface area contributed by atoms with Crippen molar-refractivity contribution in [3.05, 3.63) is 48.5 Å². The minimum absolute atomic E-state index is 0.0205. The second kappa shape index (κ2) is 7.75. The minimum atomic E-state index is -0.117. The molecule has 0 saturated carbocycles. The molecular formula is C20H22N6O2. The van der Waals surface area contributed by atoms with Gasteiger partial charge >= 0.3 is 0 Å². The van der Waals surface area contributed by atoms with E-state index in [1.54, 1.807) is 36.9 Å². The van der Waals surface area contributed by atoms with Crippen LogP contribution >= 0.6 is 0 Å². The van der Waals surface area contributed by atoms with Crippen molar-refractivity contribution in [3.63, 3.8) is 0 Å². The van der Waals surface area contributed by atoms with Crippen molar-refractivity contribution in [1.29, 1.82) is 0 Å². The molecular weight excluding hydrogens is 356 g/mol. The van der Waals surface area contributed by atoms with Crippen LogP contribution < -0.4 is 9.64 Å². The zero-order valence-corrected chi connectivity index (χ0v) is 15.9. The van der Waals surface area contributed by atoms with Gasteiger partial charge in [0.15, 0.2) is 5.82 Å². The first kappa shape index (κ1) is 18.1. The van der Waals surface area contributed by atoms with Gasteiger partial charge in [-0.1, -0.05) is 0 Å². The smallest absolute Gasteiger partial charge is 0.257 e. The summed E-state index contributed by atoms with van der Waals surface area (Å²) in [7, 11) is 3.80. The summed E-state index contributed by atoms with van der Waals surface area (Å²) < 4.78 is 6.10. The van der Waals surface area contributed by atoms with Gasteiger partial charge in [0.05, 0.1) is 17.6 Å². The predicted octanol–water partition coefficient (Wildman–Crippen LogP) is 2.17. The Hall–Kier alpha value is -3.29. The number of fused-ring (bicyclic) bond motifs is 1. The van der Waals surface area contributed by atoms with Gasteiger partial charge in [-0.15, -0.1) is 0 Å². The average Bonchev–Trinajstić information content (AvgIpc) is 2.73. The summed E-state index contributed by atoms with van der Waals surface area (Å²) in [6.07, 6.45) is 8.16. The fraction of sp³-hybridized carbons (Fsp3) is 0.350. The van der Waals surface area contributed by atoms with E-state index < -0.39 is 0 Å². The monoisotopic (exact) mass is 378 g/mol. The van der Waals surface area contributed by atoms with Crippen molar-refractivity contribution < 1.29 is 9.53 Å². The Morgan fingerprint density at radius 3 is 2.64 bits per heavy atom. The summed E-state index contributed by atoms with van der Waals surface area (Å²) in [5.41, 5.74) is 2.10. The summed E-state index contributed by atoms with van der Waals surface area (Å²) in [6, 6.07) is 5.43. The van der Waals surface area contributed by atoms with Crippen LogP contribution in [0.5, 0.6) is 5.88 Å². The molecule has 3 aromatic rings. The second-order valence-corrected chi connectivity index (χ2v) is 6.97. The highest BCUT2D eigenvalue weighted by Gasteiger charge is 2.27. The summed E-state index contributed by atoms with van der Waals surface area (Å²) in [5.74, 6) is 1.15. The molecule has 0 bridgehead atoms. The molecule has 8 nitrogen and oxygen atoms in total. The Bertz CT molecular complexity index is 993. The highest BCUT2D eigenvalue weighted by molar-refractivity contribution is 5.97. The van der Waals surface area contributed by atoms with Gasteiger partial charge in [-0.2, -0.15) is 0 Å². The predicted molar refractivity (Wildman–Crippen MR) is 105 cm³/mol. The van der Waals surface area contributed by atoms with E-state index >= 15 is 0 Å². The van der Waals surface area contributed by atoms with Crippen LogP contribution in [0.2, 0.25) is 0 Å². The number of anilines is 1. The number of amides is 1. The summed E-state index contributed by atoms with van der Waals surface area (Å²) in [4.78, 5) is 33.9. The van der Waals surface area contributed by atoms with E-state index in [1.807, 2.05) is 30.0 Å².